The largest absolute Gasteiger partial charge is 0.457 e. The maximum absolute atomic E-state index is 6.08. The van der Waals surface area contributed by atoms with Gasteiger partial charge in [0.05, 0.1) is 17.5 Å². The zero-order valence-corrected chi connectivity index (χ0v) is 19.1. The van der Waals surface area contributed by atoms with Gasteiger partial charge < -0.3 is 4.74 Å². The number of hydrogen-bond donors (Lipinski definition) is 1. The normalized spacial score (nSPS) is 14.5. The second-order valence-electron chi connectivity index (χ2n) is 8.52. The van der Waals surface area contributed by atoms with Gasteiger partial charge in [0, 0.05) is 22.7 Å². The second-order valence-corrected chi connectivity index (χ2v) is 8.96. The monoisotopic (exact) mass is 471 g/mol. The molecule has 1 aliphatic rings. The number of aromatic nitrogens is 7. The van der Waals surface area contributed by atoms with Crippen LogP contribution in [0.25, 0.3) is 28.2 Å². The lowest BCUT2D eigenvalue weighted by Crippen LogP contribution is -2.12. The summed E-state index contributed by atoms with van der Waals surface area (Å²) < 4.78 is 7.94. The Bertz CT molecular complexity index is 1420. The Morgan fingerprint density at radius 2 is 1.79 bits per heavy atom. The van der Waals surface area contributed by atoms with Crippen LogP contribution in [0.2, 0.25) is 5.02 Å². The molecule has 0 atom stereocenters. The molecule has 1 fully saturated rings. The highest BCUT2D eigenvalue weighted by atomic mass is 35.5. The zero-order valence-electron chi connectivity index (χ0n) is 18.4. The van der Waals surface area contributed by atoms with Gasteiger partial charge in [0.2, 0.25) is 0 Å². The number of hydrogen-bond acceptors (Lipinski definition) is 6. The predicted molar refractivity (Wildman–Crippen MR) is 129 cm³/mol. The number of benzene rings is 2. The van der Waals surface area contributed by atoms with E-state index in [9.17, 15) is 0 Å². The summed E-state index contributed by atoms with van der Waals surface area (Å²) in [5, 5.41) is 19.6. The Morgan fingerprint density at radius 1 is 0.941 bits per heavy atom. The minimum atomic E-state index is 0.414. The summed E-state index contributed by atoms with van der Waals surface area (Å²) in [5.74, 6) is 2.43. The molecular weight excluding hydrogens is 450 g/mol. The Labute approximate surface area is 201 Å². The average Bonchev–Trinajstić information content (AvgIpc) is 3.54. The van der Waals surface area contributed by atoms with Crippen molar-refractivity contribution in [3.05, 3.63) is 71.6 Å². The molecule has 6 rings (SSSR count). The van der Waals surface area contributed by atoms with E-state index in [1.165, 1.54) is 25.0 Å². The van der Waals surface area contributed by atoms with Crippen LogP contribution in [-0.2, 0) is 0 Å². The quantitative estimate of drug-likeness (QED) is 0.334. The van der Waals surface area contributed by atoms with Crippen molar-refractivity contribution in [3.63, 3.8) is 0 Å². The van der Waals surface area contributed by atoms with E-state index in [0.717, 1.165) is 40.9 Å². The number of rotatable bonds is 5. The summed E-state index contributed by atoms with van der Waals surface area (Å²) in [7, 11) is 0. The van der Waals surface area contributed by atoms with E-state index in [1.54, 1.807) is 12.3 Å². The molecule has 5 aromatic rings. The minimum absolute atomic E-state index is 0.414. The molecule has 0 aliphatic heterocycles. The van der Waals surface area contributed by atoms with Crippen molar-refractivity contribution in [2.24, 2.45) is 0 Å². The molecule has 1 aliphatic carbocycles. The van der Waals surface area contributed by atoms with Gasteiger partial charge in [0.25, 0.3) is 0 Å². The fraction of sp³-hybridized carbons (Fsp3) is 0.240. The van der Waals surface area contributed by atoms with E-state index in [1.807, 2.05) is 41.0 Å². The van der Waals surface area contributed by atoms with E-state index < -0.39 is 0 Å². The summed E-state index contributed by atoms with van der Waals surface area (Å²) in [5.41, 5.74) is 4.89. The first-order chi connectivity index (χ1) is 16.8. The summed E-state index contributed by atoms with van der Waals surface area (Å²) in [6.07, 6.45) is 9.73. The first kappa shape index (κ1) is 20.8. The third-order valence-electron chi connectivity index (χ3n) is 6.35. The van der Waals surface area contributed by atoms with Gasteiger partial charge in [-0.1, -0.05) is 49.1 Å². The van der Waals surface area contributed by atoms with Gasteiger partial charge in [-0.15, -0.1) is 5.10 Å². The van der Waals surface area contributed by atoms with Gasteiger partial charge in [-0.2, -0.15) is 5.10 Å². The lowest BCUT2D eigenvalue weighted by Gasteiger charge is -2.25. The third kappa shape index (κ3) is 3.90. The molecule has 3 heterocycles. The standard InChI is InChI=1S/C25H22ClN7O/c26-18-7-4-8-20(13-18)34-19-11-9-16(10-12-19)21-14-27-25-22(24-29-31-32-30-24)15-28-33(25)23(21)17-5-2-1-3-6-17/h4,7-15,17H,1-3,5-6H2,(H,29,30,31,32). The van der Waals surface area contributed by atoms with E-state index in [4.69, 9.17) is 26.4 Å². The van der Waals surface area contributed by atoms with E-state index in [-0.39, 0.29) is 0 Å². The van der Waals surface area contributed by atoms with Gasteiger partial charge in [0.1, 0.15) is 11.5 Å². The van der Waals surface area contributed by atoms with Crippen molar-refractivity contribution in [1.29, 1.82) is 0 Å². The van der Waals surface area contributed by atoms with E-state index in [2.05, 4.69) is 32.8 Å². The third-order valence-corrected chi connectivity index (χ3v) is 6.59. The molecule has 1 saturated carbocycles. The van der Waals surface area contributed by atoms with Crippen LogP contribution in [0.15, 0.2) is 60.9 Å². The number of nitrogens with zero attached hydrogens (tertiary/aromatic N) is 6. The molecule has 8 nitrogen and oxygen atoms in total. The molecule has 2 aromatic carbocycles. The predicted octanol–water partition coefficient (Wildman–Crippen LogP) is 6.07. The van der Waals surface area contributed by atoms with Crippen LogP contribution in [0.5, 0.6) is 11.5 Å². The Hall–Kier alpha value is -3.78. The molecule has 3 aromatic heterocycles. The molecule has 0 radical (unpaired) electrons. The molecule has 0 bridgehead atoms. The maximum atomic E-state index is 6.08. The van der Waals surface area contributed by atoms with Gasteiger partial charge >= 0.3 is 0 Å². The number of aromatic amines is 1. The highest BCUT2D eigenvalue weighted by molar-refractivity contribution is 6.30. The topological polar surface area (TPSA) is 93.9 Å². The fourth-order valence-corrected chi connectivity index (χ4v) is 4.93. The molecular formula is C25H22ClN7O. The van der Waals surface area contributed by atoms with E-state index in [0.29, 0.717) is 22.5 Å². The molecule has 170 valence electrons. The zero-order chi connectivity index (χ0) is 22.9. The van der Waals surface area contributed by atoms with Crippen molar-refractivity contribution in [3.8, 4) is 34.0 Å². The number of halogens is 1. The molecule has 0 saturated heterocycles. The second kappa shape index (κ2) is 8.87. The summed E-state index contributed by atoms with van der Waals surface area (Å²) >= 11 is 6.08. The number of ether oxygens (including phenoxy) is 1. The van der Waals surface area contributed by atoms with Gasteiger partial charge in [-0.05, 0) is 59.2 Å². The molecule has 34 heavy (non-hydrogen) atoms. The SMILES string of the molecule is Clc1cccc(Oc2ccc(-c3cnc4c(-c5nnn[nH]5)cnn4c3C3CCCCC3)cc2)c1. The summed E-state index contributed by atoms with van der Waals surface area (Å²) in [6.45, 7) is 0. The lowest BCUT2D eigenvalue weighted by atomic mass is 9.84. The van der Waals surface area contributed by atoms with Gasteiger partial charge in [-0.25, -0.2) is 14.6 Å². The molecule has 0 amide bonds. The number of fused-ring (bicyclic) bond motifs is 1. The molecule has 0 spiro atoms. The fourth-order valence-electron chi connectivity index (χ4n) is 4.75. The lowest BCUT2D eigenvalue weighted by molar-refractivity contribution is 0.431. The number of H-pyrrole nitrogens is 1. The van der Waals surface area contributed by atoms with Crippen molar-refractivity contribution >= 4 is 17.2 Å². The summed E-state index contributed by atoms with van der Waals surface area (Å²) in [4.78, 5) is 4.77. The van der Waals surface area contributed by atoms with E-state index >= 15 is 0 Å². The van der Waals surface area contributed by atoms with Crippen LogP contribution in [-0.4, -0.2) is 35.2 Å². The van der Waals surface area contributed by atoms with Crippen LogP contribution in [0.4, 0.5) is 0 Å². The smallest absolute Gasteiger partial charge is 0.184 e. The van der Waals surface area contributed by atoms with Gasteiger partial charge in [-0.3, -0.25) is 0 Å². The molecule has 9 heteroatoms. The first-order valence-corrected chi connectivity index (χ1v) is 11.8. The van der Waals surface area contributed by atoms with Crippen LogP contribution in [0.1, 0.15) is 43.7 Å². The average molecular weight is 472 g/mol. The Morgan fingerprint density at radius 3 is 2.56 bits per heavy atom. The maximum Gasteiger partial charge on any atom is 0.184 e. The minimum Gasteiger partial charge on any atom is -0.457 e. The van der Waals surface area contributed by atoms with Crippen molar-refractivity contribution in [2.75, 3.05) is 0 Å². The van der Waals surface area contributed by atoms with Crippen LogP contribution >= 0.6 is 11.6 Å². The molecule has 1 N–H and O–H groups in total. The highest BCUT2D eigenvalue weighted by Gasteiger charge is 2.25. The Balaban J connectivity index is 1.41. The van der Waals surface area contributed by atoms with Crippen LogP contribution in [0.3, 0.4) is 0 Å². The highest BCUT2D eigenvalue weighted by Crippen LogP contribution is 2.39. The Kier molecular flexibility index (Phi) is 5.43. The molecule has 0 unspecified atom stereocenters. The van der Waals surface area contributed by atoms with Crippen molar-refractivity contribution in [1.82, 2.24) is 35.2 Å². The number of tetrazole rings is 1. The van der Waals surface area contributed by atoms with Crippen LogP contribution in [0, 0.1) is 0 Å². The van der Waals surface area contributed by atoms with Crippen molar-refractivity contribution in [2.45, 2.75) is 38.0 Å². The summed E-state index contributed by atoms with van der Waals surface area (Å²) in [6, 6.07) is 15.5. The van der Waals surface area contributed by atoms with Gasteiger partial charge in [0.15, 0.2) is 11.5 Å². The first-order valence-electron chi connectivity index (χ1n) is 11.4. The van der Waals surface area contributed by atoms with Crippen LogP contribution < -0.4 is 4.74 Å². The van der Waals surface area contributed by atoms with Crippen molar-refractivity contribution < 1.29 is 4.74 Å². The number of nitrogens with one attached hydrogen (secondary N) is 1.